The summed E-state index contributed by atoms with van der Waals surface area (Å²) in [4.78, 5) is 27.6. The lowest BCUT2D eigenvalue weighted by molar-refractivity contribution is -0.119. The maximum absolute atomic E-state index is 13.1. The van der Waals surface area contributed by atoms with Crippen LogP contribution in [0.15, 0.2) is 64.3 Å². The van der Waals surface area contributed by atoms with Gasteiger partial charge in [-0.1, -0.05) is 51.8 Å². The molecule has 5 heteroatoms. The van der Waals surface area contributed by atoms with Gasteiger partial charge in [-0.25, -0.2) is 0 Å². The Hall–Kier alpha value is -1.91. The number of carbonyl (C=O) groups is 2. The van der Waals surface area contributed by atoms with Crippen LogP contribution in [-0.4, -0.2) is 11.7 Å². The number of allylic oxidation sites excluding steroid dienone is 2. The van der Waals surface area contributed by atoms with Crippen molar-refractivity contribution in [1.82, 2.24) is 0 Å². The van der Waals surface area contributed by atoms with Crippen LogP contribution >= 0.6 is 27.5 Å². The zero-order valence-corrected chi connectivity index (χ0v) is 16.4. The first-order valence-corrected chi connectivity index (χ1v) is 9.82. The monoisotopic (exact) mass is 429 g/mol. The molecule has 0 aromatic heterocycles. The Kier molecular flexibility index (Phi) is 4.72. The zero-order valence-electron chi connectivity index (χ0n) is 14.0. The van der Waals surface area contributed by atoms with Crippen molar-refractivity contribution in [3.63, 3.8) is 0 Å². The van der Waals surface area contributed by atoms with Crippen molar-refractivity contribution in [2.45, 2.75) is 31.6 Å². The highest BCUT2D eigenvalue weighted by molar-refractivity contribution is 9.10. The Balaban J connectivity index is 1.89. The van der Waals surface area contributed by atoms with Crippen molar-refractivity contribution in [3.05, 3.63) is 74.9 Å². The minimum absolute atomic E-state index is 0.00136. The smallest absolute Gasteiger partial charge is 0.232 e. The summed E-state index contributed by atoms with van der Waals surface area (Å²) < 4.78 is 0.930. The van der Waals surface area contributed by atoms with E-state index in [-0.39, 0.29) is 24.0 Å². The molecule has 0 saturated carbocycles. The lowest BCUT2D eigenvalue weighted by Gasteiger charge is -2.38. The maximum atomic E-state index is 13.1. The summed E-state index contributed by atoms with van der Waals surface area (Å²) in [5, 5.41) is 0.576. The standard InChI is InChI=1S/C21H17BrClNO2/c22-17-8-2-1-7-15(17)16-12-20(26)24(14-6-3-5-13(23)11-14)18-9-4-10-19(25)21(16)18/h1-3,5-8,11,16H,4,9-10,12H2. The SMILES string of the molecule is O=C1CCCC2=C1C(c1ccccc1Br)CC(=O)N2c1cccc(Cl)c1. The zero-order chi connectivity index (χ0) is 18.3. The summed E-state index contributed by atoms with van der Waals surface area (Å²) in [5.74, 6) is -0.0516. The number of benzene rings is 2. The van der Waals surface area contributed by atoms with Crippen LogP contribution in [-0.2, 0) is 9.59 Å². The quantitative estimate of drug-likeness (QED) is 0.619. The molecule has 2 aliphatic rings. The number of hydrogen-bond donors (Lipinski definition) is 0. The molecule has 2 aromatic rings. The number of anilines is 1. The third kappa shape index (κ3) is 3.01. The first-order chi connectivity index (χ1) is 12.6. The number of ketones is 1. The number of rotatable bonds is 2. The van der Waals surface area contributed by atoms with Gasteiger partial charge in [-0.05, 0) is 42.7 Å². The highest BCUT2D eigenvalue weighted by atomic mass is 79.9. The number of nitrogens with zero attached hydrogens (tertiary/aromatic N) is 1. The Morgan fingerprint density at radius 2 is 1.85 bits per heavy atom. The molecular weight excluding hydrogens is 414 g/mol. The van der Waals surface area contributed by atoms with Crippen LogP contribution in [0.1, 0.15) is 37.2 Å². The maximum Gasteiger partial charge on any atom is 0.232 e. The van der Waals surface area contributed by atoms with E-state index < -0.39 is 0 Å². The highest BCUT2D eigenvalue weighted by Gasteiger charge is 2.40. The van der Waals surface area contributed by atoms with Gasteiger partial charge in [-0.15, -0.1) is 0 Å². The van der Waals surface area contributed by atoms with Crippen molar-refractivity contribution in [3.8, 4) is 0 Å². The third-order valence-corrected chi connectivity index (χ3v) is 5.98. The van der Waals surface area contributed by atoms with Crippen LogP contribution in [0.5, 0.6) is 0 Å². The van der Waals surface area contributed by atoms with Gasteiger partial charge < -0.3 is 0 Å². The van der Waals surface area contributed by atoms with Crippen molar-refractivity contribution in [2.75, 3.05) is 4.90 Å². The number of amides is 1. The summed E-state index contributed by atoms with van der Waals surface area (Å²) in [6.07, 6.45) is 2.31. The lowest BCUT2D eigenvalue weighted by Crippen LogP contribution is -2.40. The fraction of sp³-hybridized carbons (Fsp3) is 0.238. The van der Waals surface area contributed by atoms with Crippen molar-refractivity contribution >= 4 is 44.9 Å². The molecule has 1 amide bonds. The van der Waals surface area contributed by atoms with Crippen LogP contribution in [0.4, 0.5) is 5.69 Å². The molecule has 1 aliphatic heterocycles. The second-order valence-electron chi connectivity index (χ2n) is 6.62. The third-order valence-electron chi connectivity index (χ3n) is 5.02. The summed E-state index contributed by atoms with van der Waals surface area (Å²) in [6.45, 7) is 0. The van der Waals surface area contributed by atoms with Gasteiger partial charge in [0.1, 0.15) is 0 Å². The first kappa shape index (κ1) is 17.5. The minimum atomic E-state index is -0.198. The molecule has 132 valence electrons. The van der Waals surface area contributed by atoms with Gasteiger partial charge >= 0.3 is 0 Å². The van der Waals surface area contributed by atoms with Crippen LogP contribution in [0, 0.1) is 0 Å². The van der Waals surface area contributed by atoms with Gasteiger partial charge in [0.2, 0.25) is 5.91 Å². The Bertz CT molecular complexity index is 937. The van der Waals surface area contributed by atoms with E-state index in [1.165, 1.54) is 0 Å². The van der Waals surface area contributed by atoms with E-state index in [4.69, 9.17) is 11.6 Å². The summed E-state index contributed by atoms with van der Waals surface area (Å²) >= 11 is 9.72. The molecule has 0 bridgehead atoms. The van der Waals surface area contributed by atoms with E-state index in [1.54, 1.807) is 17.0 Å². The van der Waals surface area contributed by atoms with E-state index in [1.807, 2.05) is 36.4 Å². The summed E-state index contributed by atoms with van der Waals surface area (Å²) in [5.41, 5.74) is 3.34. The second-order valence-corrected chi connectivity index (χ2v) is 7.92. The fourth-order valence-corrected chi connectivity index (χ4v) is 4.68. The first-order valence-electron chi connectivity index (χ1n) is 8.65. The predicted octanol–water partition coefficient (Wildman–Crippen LogP) is 5.63. The van der Waals surface area contributed by atoms with Gasteiger partial charge in [-0.2, -0.15) is 0 Å². The van der Waals surface area contributed by atoms with E-state index in [2.05, 4.69) is 15.9 Å². The molecule has 2 aromatic carbocycles. The number of Topliss-reactive ketones (excluding diaryl/α,β-unsaturated/α-hetero) is 1. The molecule has 1 unspecified atom stereocenters. The number of hydrogen-bond acceptors (Lipinski definition) is 2. The molecule has 0 N–H and O–H groups in total. The molecule has 0 spiro atoms. The molecule has 3 nitrogen and oxygen atoms in total. The van der Waals surface area contributed by atoms with Crippen molar-refractivity contribution < 1.29 is 9.59 Å². The highest BCUT2D eigenvalue weighted by Crippen LogP contribution is 2.45. The van der Waals surface area contributed by atoms with Crippen LogP contribution in [0.3, 0.4) is 0 Å². The van der Waals surface area contributed by atoms with Gasteiger partial charge in [-0.3, -0.25) is 14.5 Å². The second kappa shape index (κ2) is 7.01. The molecule has 0 radical (unpaired) electrons. The van der Waals surface area contributed by atoms with Crippen LogP contribution < -0.4 is 4.90 Å². The van der Waals surface area contributed by atoms with Gasteiger partial charge in [0.15, 0.2) is 5.78 Å². The number of carbonyl (C=O) groups excluding carboxylic acids is 2. The number of halogens is 2. The molecule has 0 fully saturated rings. The average molecular weight is 431 g/mol. The van der Waals surface area contributed by atoms with Crippen molar-refractivity contribution in [2.24, 2.45) is 0 Å². The average Bonchev–Trinajstić information content (AvgIpc) is 2.61. The van der Waals surface area contributed by atoms with Gasteiger partial charge in [0.25, 0.3) is 0 Å². The van der Waals surface area contributed by atoms with Gasteiger partial charge in [0, 0.05) is 39.5 Å². The van der Waals surface area contributed by atoms with E-state index >= 15 is 0 Å². The Labute approximate surface area is 165 Å². The molecular formula is C21H17BrClNO2. The molecule has 26 heavy (non-hydrogen) atoms. The summed E-state index contributed by atoms with van der Waals surface area (Å²) in [6, 6.07) is 15.1. The minimum Gasteiger partial charge on any atom is -0.294 e. The largest absolute Gasteiger partial charge is 0.294 e. The molecule has 0 saturated heterocycles. The fourth-order valence-electron chi connectivity index (χ4n) is 3.93. The Morgan fingerprint density at radius 3 is 2.62 bits per heavy atom. The topological polar surface area (TPSA) is 37.4 Å². The molecule has 4 rings (SSSR count). The van der Waals surface area contributed by atoms with Gasteiger partial charge in [0.05, 0.1) is 5.69 Å². The lowest BCUT2D eigenvalue weighted by atomic mass is 9.77. The predicted molar refractivity (Wildman–Crippen MR) is 106 cm³/mol. The Morgan fingerprint density at radius 1 is 1.04 bits per heavy atom. The normalized spacial score (nSPS) is 20.4. The summed E-state index contributed by atoms with van der Waals surface area (Å²) in [7, 11) is 0. The van der Waals surface area contributed by atoms with E-state index in [0.29, 0.717) is 11.4 Å². The molecule has 1 atom stereocenters. The van der Waals surface area contributed by atoms with E-state index in [9.17, 15) is 9.59 Å². The molecule has 1 aliphatic carbocycles. The van der Waals surface area contributed by atoms with Crippen LogP contribution in [0.25, 0.3) is 0 Å². The van der Waals surface area contributed by atoms with E-state index in [0.717, 1.165) is 39.8 Å². The van der Waals surface area contributed by atoms with Crippen molar-refractivity contribution in [1.29, 1.82) is 0 Å². The van der Waals surface area contributed by atoms with Crippen LogP contribution in [0.2, 0.25) is 5.02 Å². The molecule has 1 heterocycles.